The number of anilines is 1. The Labute approximate surface area is 210 Å². The van der Waals surface area contributed by atoms with Crippen LogP contribution in [0.25, 0.3) is 0 Å². The lowest BCUT2D eigenvalue weighted by Crippen LogP contribution is -2.30. The van der Waals surface area contributed by atoms with Crippen LogP contribution in [0.4, 0.5) is 14.5 Å². The molecule has 1 aliphatic heterocycles. The van der Waals surface area contributed by atoms with Crippen LogP contribution in [0.1, 0.15) is 30.9 Å². The molecule has 1 heterocycles. The third kappa shape index (κ3) is 10.0. The van der Waals surface area contributed by atoms with Crippen molar-refractivity contribution in [1.29, 1.82) is 0 Å². The van der Waals surface area contributed by atoms with Crippen LogP contribution in [-0.2, 0) is 16.1 Å². The Morgan fingerprint density at radius 1 is 1.29 bits per heavy atom. The van der Waals surface area contributed by atoms with Gasteiger partial charge in [0, 0.05) is 36.3 Å². The molecule has 0 aliphatic carbocycles. The van der Waals surface area contributed by atoms with Crippen LogP contribution in [-0.4, -0.2) is 61.8 Å². The Kier molecular flexibility index (Phi) is 12.8. The summed E-state index contributed by atoms with van der Waals surface area (Å²) in [5, 5.41) is 7.17. The summed E-state index contributed by atoms with van der Waals surface area (Å²) in [6.45, 7) is 7.84. The van der Waals surface area contributed by atoms with E-state index in [9.17, 15) is 8.78 Å². The summed E-state index contributed by atoms with van der Waals surface area (Å²) in [6, 6.07) is 18.5. The molecule has 0 saturated carbocycles. The molecule has 0 aromatic heterocycles. The first kappa shape index (κ1) is 28.3. The minimum Gasteiger partial charge on any atom is -0.470 e. The molecular formula is C25H33F2N5O2S. The van der Waals surface area contributed by atoms with Crippen LogP contribution in [0.3, 0.4) is 0 Å². The molecule has 35 heavy (non-hydrogen) atoms. The van der Waals surface area contributed by atoms with Gasteiger partial charge in [0.1, 0.15) is 0 Å². The minimum atomic E-state index is -2.58. The number of amides is 1. The third-order valence-corrected chi connectivity index (χ3v) is 6.41. The number of likely N-dealkylation sites (tertiary alicyclic amines) is 1. The molecule has 2 aromatic carbocycles. The minimum absolute atomic E-state index is 0.0425. The summed E-state index contributed by atoms with van der Waals surface area (Å²) in [4.78, 5) is 11.1. The van der Waals surface area contributed by atoms with Crippen LogP contribution >= 0.6 is 11.9 Å². The molecule has 2 N–H and O–H groups in total. The van der Waals surface area contributed by atoms with Gasteiger partial charge in [0.2, 0.25) is 12.3 Å². The number of nitrogens with zero attached hydrogens (tertiary/aromatic N) is 4. The van der Waals surface area contributed by atoms with Gasteiger partial charge in [-0.25, -0.2) is 8.78 Å². The Morgan fingerprint density at radius 2 is 1.97 bits per heavy atom. The average Bonchev–Trinajstić information content (AvgIpc) is 3.27. The molecule has 2 aromatic rings. The molecule has 0 spiro atoms. The number of carbonyl (C=O) groups excluding carboxylic acids is 1. The Morgan fingerprint density at radius 3 is 2.54 bits per heavy atom. The van der Waals surface area contributed by atoms with E-state index in [1.165, 1.54) is 19.4 Å². The van der Waals surface area contributed by atoms with Gasteiger partial charge >= 0.3 is 0 Å². The molecule has 1 fully saturated rings. The van der Waals surface area contributed by atoms with E-state index >= 15 is 0 Å². The monoisotopic (exact) mass is 505 g/mol. The second kappa shape index (κ2) is 15.8. The lowest BCUT2D eigenvalue weighted by atomic mass is 10.1. The number of primary amides is 1. The van der Waals surface area contributed by atoms with Crippen molar-refractivity contribution in [3.8, 4) is 0 Å². The first-order valence-electron chi connectivity index (χ1n) is 11.4. The quantitative estimate of drug-likeness (QED) is 0.159. The van der Waals surface area contributed by atoms with E-state index in [1.54, 1.807) is 0 Å². The molecule has 1 aliphatic rings. The van der Waals surface area contributed by atoms with E-state index in [4.69, 9.17) is 9.53 Å². The first-order valence-corrected chi connectivity index (χ1v) is 12.3. The van der Waals surface area contributed by atoms with Crippen molar-refractivity contribution in [2.24, 2.45) is 15.9 Å². The van der Waals surface area contributed by atoms with Gasteiger partial charge < -0.3 is 14.8 Å². The predicted octanol–water partition coefficient (Wildman–Crippen LogP) is 4.57. The Hall–Kier alpha value is -2.98. The van der Waals surface area contributed by atoms with Gasteiger partial charge in [-0.15, -0.1) is 5.10 Å². The highest BCUT2D eigenvalue weighted by molar-refractivity contribution is 8.00. The lowest BCUT2D eigenvalue weighted by Gasteiger charge is -2.26. The van der Waals surface area contributed by atoms with E-state index < -0.39 is 13.0 Å². The number of rotatable bonds is 11. The Bertz CT molecular complexity index is 916. The van der Waals surface area contributed by atoms with Gasteiger partial charge in [-0.3, -0.25) is 9.69 Å². The second-order valence-corrected chi connectivity index (χ2v) is 8.92. The van der Waals surface area contributed by atoms with Crippen LogP contribution < -0.4 is 10.0 Å². The standard InChI is InChI=1S/C24H30F2N4OS.CH3NO/c1-19-7-6-14-29(19)15-16-32-30(22-8-4-3-5-9-22)17-20-10-12-21(13-11-20)24(28-27-2)31-18-23(25)26;2-1-3/h3-5,8-13,19,23H,2,6-7,14-18H2,1H3;1H,(H2,2,3)/b28-24-;. The Balaban J connectivity index is 0.00000137. The number of hydrogen-bond donors (Lipinski definition) is 1. The number of halogens is 2. The summed E-state index contributed by atoms with van der Waals surface area (Å²) < 4.78 is 32.4. The molecule has 3 rings (SSSR count). The van der Waals surface area contributed by atoms with Crippen LogP contribution in [0.5, 0.6) is 0 Å². The SMILES string of the molecule is C=N/N=C(\OCC(F)F)c1ccc(CN(SCCN2CCCC2C)c2ccccc2)cc1.NC=O. The van der Waals surface area contributed by atoms with Crippen molar-refractivity contribution < 1.29 is 18.3 Å². The summed E-state index contributed by atoms with van der Waals surface area (Å²) in [5.41, 5.74) is 7.00. The van der Waals surface area contributed by atoms with Gasteiger partial charge in [-0.1, -0.05) is 30.3 Å². The van der Waals surface area contributed by atoms with Crippen molar-refractivity contribution in [3.05, 3.63) is 65.7 Å². The van der Waals surface area contributed by atoms with Crippen molar-refractivity contribution in [2.45, 2.75) is 38.8 Å². The normalized spacial score (nSPS) is 15.9. The molecule has 1 atom stereocenters. The fourth-order valence-electron chi connectivity index (χ4n) is 3.69. The number of ether oxygens (including phenoxy) is 1. The van der Waals surface area contributed by atoms with Crippen LogP contribution in [0, 0.1) is 0 Å². The maximum Gasteiger partial charge on any atom is 0.272 e. The molecule has 1 unspecified atom stereocenters. The van der Waals surface area contributed by atoms with E-state index in [1.807, 2.05) is 54.4 Å². The zero-order valence-corrected chi connectivity index (χ0v) is 20.7. The topological polar surface area (TPSA) is 83.5 Å². The zero-order chi connectivity index (χ0) is 25.5. The van der Waals surface area contributed by atoms with E-state index in [-0.39, 0.29) is 12.3 Å². The van der Waals surface area contributed by atoms with Crippen molar-refractivity contribution >= 4 is 36.7 Å². The van der Waals surface area contributed by atoms with Gasteiger partial charge in [0.05, 0.1) is 6.54 Å². The summed E-state index contributed by atoms with van der Waals surface area (Å²) >= 11 is 1.82. The number of hydrogen-bond acceptors (Lipinski definition) is 7. The predicted molar refractivity (Wildman–Crippen MR) is 140 cm³/mol. The van der Waals surface area contributed by atoms with Gasteiger partial charge in [0.25, 0.3) is 6.43 Å². The molecular weight excluding hydrogens is 472 g/mol. The van der Waals surface area contributed by atoms with E-state index in [2.05, 4.69) is 50.9 Å². The number of para-hydroxylation sites is 1. The molecule has 0 bridgehead atoms. The fourth-order valence-corrected chi connectivity index (χ4v) is 4.74. The lowest BCUT2D eigenvalue weighted by molar-refractivity contribution is -0.106. The highest BCUT2D eigenvalue weighted by atomic mass is 32.2. The van der Waals surface area contributed by atoms with E-state index in [0.717, 1.165) is 23.5 Å². The maximum absolute atomic E-state index is 12.5. The van der Waals surface area contributed by atoms with Gasteiger partial charge in [-0.2, -0.15) is 5.10 Å². The molecule has 1 saturated heterocycles. The number of nitrogens with two attached hydrogens (primary N) is 1. The molecule has 7 nitrogen and oxygen atoms in total. The number of benzene rings is 2. The largest absolute Gasteiger partial charge is 0.470 e. The molecule has 1 amide bonds. The van der Waals surface area contributed by atoms with Crippen molar-refractivity contribution in [1.82, 2.24) is 4.90 Å². The zero-order valence-electron chi connectivity index (χ0n) is 19.9. The third-order valence-electron chi connectivity index (χ3n) is 5.40. The summed E-state index contributed by atoms with van der Waals surface area (Å²) in [7, 11) is 0. The highest BCUT2D eigenvalue weighted by Crippen LogP contribution is 2.26. The summed E-state index contributed by atoms with van der Waals surface area (Å²) in [5.74, 6) is 1.06. The maximum atomic E-state index is 12.5. The smallest absolute Gasteiger partial charge is 0.272 e. The van der Waals surface area contributed by atoms with Crippen LogP contribution in [0.15, 0.2) is 64.8 Å². The fraction of sp³-hybridized carbons (Fsp3) is 0.400. The molecule has 190 valence electrons. The number of carbonyl (C=O) groups is 1. The molecule has 0 radical (unpaired) electrons. The average molecular weight is 506 g/mol. The second-order valence-electron chi connectivity index (χ2n) is 7.81. The first-order chi connectivity index (χ1) is 17.0. The van der Waals surface area contributed by atoms with Crippen molar-refractivity contribution in [2.75, 3.05) is 29.8 Å². The van der Waals surface area contributed by atoms with Gasteiger partial charge in [-0.05, 0) is 68.1 Å². The van der Waals surface area contributed by atoms with Crippen molar-refractivity contribution in [3.63, 3.8) is 0 Å². The molecule has 10 heteroatoms. The number of alkyl halides is 2. The van der Waals surface area contributed by atoms with E-state index in [0.29, 0.717) is 18.2 Å². The van der Waals surface area contributed by atoms with Crippen LogP contribution in [0.2, 0.25) is 0 Å². The van der Waals surface area contributed by atoms with Gasteiger partial charge in [0.15, 0.2) is 6.61 Å². The highest BCUT2D eigenvalue weighted by Gasteiger charge is 2.20. The summed E-state index contributed by atoms with van der Waals surface area (Å²) in [6.07, 6.45) is 0.241.